The zero-order valence-corrected chi connectivity index (χ0v) is 6.79. The molecule has 0 bridgehead atoms. The molecule has 2 heteroatoms. The molecule has 0 saturated heterocycles. The second-order valence-corrected chi connectivity index (χ2v) is 2.87. The highest BCUT2D eigenvalue weighted by molar-refractivity contribution is 4.75. The highest BCUT2D eigenvalue weighted by Gasteiger charge is 2.26. The Morgan fingerprint density at radius 3 is 1.70 bits per heavy atom. The van der Waals surface area contributed by atoms with Gasteiger partial charge in [-0.3, -0.25) is 8.78 Å². The Balaban J connectivity index is 3.87. The Morgan fingerprint density at radius 2 is 1.60 bits per heavy atom. The van der Waals surface area contributed by atoms with Gasteiger partial charge in [0.15, 0.2) is 0 Å². The summed E-state index contributed by atoms with van der Waals surface area (Å²) >= 11 is 0. The van der Waals surface area contributed by atoms with Crippen LogP contribution in [0.5, 0.6) is 0 Å². The maximum atomic E-state index is 12.3. The fourth-order valence-corrected chi connectivity index (χ4v) is 1.07. The lowest BCUT2D eigenvalue weighted by atomic mass is 9.84. The first-order chi connectivity index (χ1) is 4.74. The van der Waals surface area contributed by atoms with Gasteiger partial charge in [0.2, 0.25) is 0 Å². The molecule has 0 radical (unpaired) electrons. The summed E-state index contributed by atoms with van der Waals surface area (Å²) in [5, 5.41) is 0. The smallest absolute Gasteiger partial charge is 0.0975 e. The van der Waals surface area contributed by atoms with E-state index in [2.05, 4.69) is 0 Å². The molecule has 0 aromatic heterocycles. The van der Waals surface area contributed by atoms with Gasteiger partial charge in [0.05, 0.1) is 13.3 Å². The van der Waals surface area contributed by atoms with Crippen molar-refractivity contribution in [1.29, 1.82) is 0 Å². The van der Waals surface area contributed by atoms with Gasteiger partial charge < -0.3 is 0 Å². The van der Waals surface area contributed by atoms with Crippen LogP contribution in [0.2, 0.25) is 0 Å². The van der Waals surface area contributed by atoms with Crippen molar-refractivity contribution < 1.29 is 8.78 Å². The summed E-state index contributed by atoms with van der Waals surface area (Å²) in [6.45, 7) is 2.76. The zero-order chi connectivity index (χ0) is 8.04. The standard InChI is InChI=1S/C8H16F2/c1-3-5-8(4-2,6-9)7-10/h3-7H2,1-2H3. The molecule has 0 aromatic rings. The Kier molecular flexibility index (Phi) is 4.58. The van der Waals surface area contributed by atoms with Crippen molar-refractivity contribution >= 4 is 0 Å². The number of rotatable bonds is 5. The first-order valence-electron chi connectivity index (χ1n) is 3.86. The minimum absolute atomic E-state index is 0.520. The van der Waals surface area contributed by atoms with Crippen molar-refractivity contribution in [2.75, 3.05) is 13.3 Å². The van der Waals surface area contributed by atoms with E-state index in [0.29, 0.717) is 12.8 Å². The maximum absolute atomic E-state index is 12.3. The first kappa shape index (κ1) is 9.86. The Bertz CT molecular complexity index is 69.1. The van der Waals surface area contributed by atoms with Crippen LogP contribution in [0, 0.1) is 5.41 Å². The predicted molar refractivity (Wildman–Crippen MR) is 39.6 cm³/mol. The third-order valence-electron chi connectivity index (χ3n) is 2.10. The molecule has 62 valence electrons. The summed E-state index contributed by atoms with van der Waals surface area (Å²) in [6, 6.07) is 0. The molecular formula is C8H16F2. The number of halogens is 2. The van der Waals surface area contributed by atoms with Gasteiger partial charge in [0, 0.05) is 5.41 Å². The van der Waals surface area contributed by atoms with Crippen LogP contribution in [0.3, 0.4) is 0 Å². The monoisotopic (exact) mass is 150 g/mol. The van der Waals surface area contributed by atoms with E-state index >= 15 is 0 Å². The average molecular weight is 150 g/mol. The third kappa shape index (κ3) is 2.24. The molecule has 0 aliphatic heterocycles. The average Bonchev–Trinajstić information content (AvgIpc) is 2.01. The van der Waals surface area contributed by atoms with Gasteiger partial charge in [-0.25, -0.2) is 0 Å². The van der Waals surface area contributed by atoms with E-state index in [-0.39, 0.29) is 0 Å². The molecule has 0 aliphatic rings. The number of alkyl halides is 2. The van der Waals surface area contributed by atoms with E-state index in [9.17, 15) is 8.78 Å². The molecule has 0 amide bonds. The van der Waals surface area contributed by atoms with E-state index in [1.807, 2.05) is 13.8 Å². The molecule has 0 N–H and O–H groups in total. The van der Waals surface area contributed by atoms with Gasteiger partial charge in [-0.1, -0.05) is 20.3 Å². The molecule has 0 saturated carbocycles. The topological polar surface area (TPSA) is 0 Å². The van der Waals surface area contributed by atoms with E-state index < -0.39 is 18.8 Å². The van der Waals surface area contributed by atoms with Crippen molar-refractivity contribution in [1.82, 2.24) is 0 Å². The SMILES string of the molecule is CCCC(CC)(CF)CF. The number of hydrogen-bond acceptors (Lipinski definition) is 0. The minimum atomic E-state index is -0.658. The van der Waals surface area contributed by atoms with Crippen molar-refractivity contribution in [3.63, 3.8) is 0 Å². The first-order valence-corrected chi connectivity index (χ1v) is 3.86. The van der Waals surface area contributed by atoms with Gasteiger partial charge in [-0.05, 0) is 12.8 Å². The van der Waals surface area contributed by atoms with Crippen LogP contribution in [0.25, 0.3) is 0 Å². The highest BCUT2D eigenvalue weighted by Crippen LogP contribution is 2.28. The van der Waals surface area contributed by atoms with E-state index in [1.165, 1.54) is 0 Å². The molecule has 0 rings (SSSR count). The van der Waals surface area contributed by atoms with Crippen LogP contribution in [-0.2, 0) is 0 Å². The highest BCUT2D eigenvalue weighted by atomic mass is 19.1. The summed E-state index contributed by atoms with van der Waals surface area (Å²) in [5.74, 6) is 0. The van der Waals surface area contributed by atoms with E-state index in [4.69, 9.17) is 0 Å². The quantitative estimate of drug-likeness (QED) is 0.564. The van der Waals surface area contributed by atoms with E-state index in [0.717, 1.165) is 6.42 Å². The summed E-state index contributed by atoms with van der Waals surface area (Å²) < 4.78 is 24.5. The molecule has 0 atom stereocenters. The second-order valence-electron chi connectivity index (χ2n) is 2.87. The Labute approximate surface area is 61.6 Å². The van der Waals surface area contributed by atoms with Gasteiger partial charge in [0.1, 0.15) is 0 Å². The van der Waals surface area contributed by atoms with Crippen LogP contribution in [-0.4, -0.2) is 13.3 Å². The van der Waals surface area contributed by atoms with Crippen LogP contribution < -0.4 is 0 Å². The van der Waals surface area contributed by atoms with Crippen LogP contribution in [0.15, 0.2) is 0 Å². The van der Waals surface area contributed by atoms with Gasteiger partial charge >= 0.3 is 0 Å². The molecule has 0 unspecified atom stereocenters. The van der Waals surface area contributed by atoms with Crippen molar-refractivity contribution in [3.05, 3.63) is 0 Å². The molecule has 0 fully saturated rings. The lowest BCUT2D eigenvalue weighted by Crippen LogP contribution is -2.24. The molecule has 0 aliphatic carbocycles. The zero-order valence-electron chi connectivity index (χ0n) is 6.79. The lowest BCUT2D eigenvalue weighted by Gasteiger charge is -2.25. The van der Waals surface area contributed by atoms with Crippen LogP contribution in [0.1, 0.15) is 33.1 Å². The van der Waals surface area contributed by atoms with Crippen molar-refractivity contribution in [2.24, 2.45) is 5.41 Å². The summed E-state index contributed by atoms with van der Waals surface area (Å²) in [5.41, 5.74) is -0.658. The number of hydrogen-bond donors (Lipinski definition) is 0. The van der Waals surface area contributed by atoms with Crippen molar-refractivity contribution in [2.45, 2.75) is 33.1 Å². The molecular weight excluding hydrogens is 134 g/mol. The maximum Gasteiger partial charge on any atom is 0.0975 e. The normalized spacial score (nSPS) is 12.0. The lowest BCUT2D eigenvalue weighted by molar-refractivity contribution is 0.132. The molecule has 0 aromatic carbocycles. The largest absolute Gasteiger partial charge is 0.250 e. The Morgan fingerprint density at radius 1 is 1.10 bits per heavy atom. The summed E-state index contributed by atoms with van der Waals surface area (Å²) in [6.07, 6.45) is 2.13. The molecule has 0 heterocycles. The minimum Gasteiger partial charge on any atom is -0.250 e. The fourth-order valence-electron chi connectivity index (χ4n) is 1.07. The van der Waals surface area contributed by atoms with Gasteiger partial charge in [-0.15, -0.1) is 0 Å². The van der Waals surface area contributed by atoms with Gasteiger partial charge in [0.25, 0.3) is 0 Å². The molecule has 0 spiro atoms. The Hall–Kier alpha value is -0.140. The third-order valence-corrected chi connectivity index (χ3v) is 2.10. The molecule has 0 nitrogen and oxygen atoms in total. The second kappa shape index (κ2) is 4.64. The van der Waals surface area contributed by atoms with Gasteiger partial charge in [-0.2, -0.15) is 0 Å². The van der Waals surface area contributed by atoms with Crippen molar-refractivity contribution in [3.8, 4) is 0 Å². The van der Waals surface area contributed by atoms with E-state index in [1.54, 1.807) is 0 Å². The molecule has 10 heavy (non-hydrogen) atoms. The summed E-state index contributed by atoms with van der Waals surface area (Å²) in [4.78, 5) is 0. The van der Waals surface area contributed by atoms with Crippen LogP contribution in [0.4, 0.5) is 8.78 Å². The fraction of sp³-hybridized carbons (Fsp3) is 1.00. The predicted octanol–water partition coefficient (Wildman–Crippen LogP) is 3.12. The summed E-state index contributed by atoms with van der Waals surface area (Å²) in [7, 11) is 0. The van der Waals surface area contributed by atoms with Crippen LogP contribution >= 0.6 is 0 Å².